The number of carbonyl (C=O) groups excluding carboxylic acids is 3. The summed E-state index contributed by atoms with van der Waals surface area (Å²) in [4.78, 5) is 43.0. The molecule has 1 aromatic heterocycles. The molecule has 1 atom stereocenters. The second-order valence-electron chi connectivity index (χ2n) is 5.67. The second kappa shape index (κ2) is 7.35. The average molecular weight is 354 g/mol. The number of hydrogen-bond acceptors (Lipinski definition) is 6. The van der Waals surface area contributed by atoms with Crippen LogP contribution in [0.2, 0.25) is 0 Å². The minimum atomic E-state index is -0.878. The molecule has 3 rings (SSSR count). The van der Waals surface area contributed by atoms with Gasteiger partial charge in [-0.15, -0.1) is 0 Å². The number of rotatable bonds is 6. The number of aromatic nitrogens is 1. The zero-order chi connectivity index (χ0) is 18.7. The van der Waals surface area contributed by atoms with Gasteiger partial charge in [-0.2, -0.15) is 0 Å². The highest BCUT2D eigenvalue weighted by Crippen LogP contribution is 2.33. The van der Waals surface area contributed by atoms with Crippen molar-refractivity contribution in [2.45, 2.75) is 19.4 Å². The number of pyridine rings is 1. The van der Waals surface area contributed by atoms with Crippen LogP contribution in [0, 0.1) is 0 Å². The highest BCUT2D eigenvalue weighted by atomic mass is 16.5. The first-order valence-corrected chi connectivity index (χ1v) is 8.19. The van der Waals surface area contributed by atoms with E-state index in [4.69, 9.17) is 9.47 Å². The Morgan fingerprint density at radius 2 is 1.81 bits per heavy atom. The lowest BCUT2D eigenvalue weighted by Gasteiger charge is -2.25. The number of nitrogens with zero attached hydrogens (tertiary/aromatic N) is 2. The molecule has 1 aromatic carbocycles. The topological polar surface area (TPSA) is 85.8 Å². The van der Waals surface area contributed by atoms with Crippen molar-refractivity contribution in [1.82, 2.24) is 9.88 Å². The van der Waals surface area contributed by atoms with E-state index in [0.717, 1.165) is 4.90 Å². The smallest absolute Gasteiger partial charge is 0.308 e. The molecule has 1 aliphatic heterocycles. The zero-order valence-electron chi connectivity index (χ0n) is 14.5. The monoisotopic (exact) mass is 354 g/mol. The molecule has 1 unspecified atom stereocenters. The number of hydrogen-bond donors (Lipinski definition) is 0. The van der Waals surface area contributed by atoms with Crippen LogP contribution in [-0.4, -0.2) is 41.4 Å². The van der Waals surface area contributed by atoms with E-state index in [0.29, 0.717) is 22.6 Å². The van der Waals surface area contributed by atoms with Gasteiger partial charge in [-0.1, -0.05) is 12.1 Å². The maximum Gasteiger partial charge on any atom is 0.308 e. The highest BCUT2D eigenvalue weighted by Gasteiger charge is 2.42. The molecule has 0 aliphatic carbocycles. The summed E-state index contributed by atoms with van der Waals surface area (Å²) < 4.78 is 10.2. The Hall–Kier alpha value is -3.22. The Morgan fingerprint density at radius 3 is 2.38 bits per heavy atom. The third kappa shape index (κ3) is 3.15. The van der Waals surface area contributed by atoms with Gasteiger partial charge < -0.3 is 9.47 Å². The number of benzene rings is 1. The summed E-state index contributed by atoms with van der Waals surface area (Å²) in [6, 6.07) is 8.94. The molecule has 0 N–H and O–H groups in total. The number of imide groups is 1. The Kier molecular flexibility index (Phi) is 4.97. The molecule has 0 fully saturated rings. The fourth-order valence-electron chi connectivity index (χ4n) is 2.93. The first kappa shape index (κ1) is 17.6. The highest BCUT2D eigenvalue weighted by molar-refractivity contribution is 6.21. The number of carbonyl (C=O) groups is 3. The van der Waals surface area contributed by atoms with Gasteiger partial charge in [-0.25, -0.2) is 0 Å². The first-order valence-electron chi connectivity index (χ1n) is 8.19. The quantitative estimate of drug-likeness (QED) is 0.585. The third-order valence-corrected chi connectivity index (χ3v) is 4.13. The van der Waals surface area contributed by atoms with Crippen LogP contribution in [0.3, 0.4) is 0 Å². The lowest BCUT2D eigenvalue weighted by atomic mass is 10.1. The van der Waals surface area contributed by atoms with Crippen LogP contribution in [0.15, 0.2) is 42.6 Å². The molecule has 0 spiro atoms. The van der Waals surface area contributed by atoms with E-state index in [1.54, 1.807) is 43.3 Å². The standard InChI is InChI=1S/C19H18N2O5/c1-3-26-17(22)11-16(15-10-12(25-2)8-9-20-15)21-18(23)13-6-4-5-7-14(13)19(21)24/h4-10,16H,3,11H2,1-2H3. The fraction of sp³-hybridized carbons (Fsp3) is 0.263. The zero-order valence-corrected chi connectivity index (χ0v) is 14.5. The second-order valence-corrected chi connectivity index (χ2v) is 5.67. The van der Waals surface area contributed by atoms with Crippen molar-refractivity contribution >= 4 is 17.8 Å². The Labute approximate surface area is 150 Å². The summed E-state index contributed by atoms with van der Waals surface area (Å²) in [5, 5.41) is 0. The van der Waals surface area contributed by atoms with Gasteiger partial charge in [-0.05, 0) is 25.1 Å². The Morgan fingerprint density at radius 1 is 1.15 bits per heavy atom. The van der Waals surface area contributed by atoms with Crippen molar-refractivity contribution in [1.29, 1.82) is 0 Å². The van der Waals surface area contributed by atoms with E-state index >= 15 is 0 Å². The average Bonchev–Trinajstić information content (AvgIpc) is 2.91. The number of amides is 2. The molecule has 2 aromatic rings. The molecule has 0 radical (unpaired) electrons. The first-order chi connectivity index (χ1) is 12.6. The lowest BCUT2D eigenvalue weighted by Crippen LogP contribution is -2.36. The van der Waals surface area contributed by atoms with Crippen LogP contribution < -0.4 is 4.74 Å². The van der Waals surface area contributed by atoms with Crippen LogP contribution in [0.1, 0.15) is 45.8 Å². The van der Waals surface area contributed by atoms with Crippen LogP contribution in [0.4, 0.5) is 0 Å². The fourth-order valence-corrected chi connectivity index (χ4v) is 2.93. The molecule has 26 heavy (non-hydrogen) atoms. The SMILES string of the molecule is CCOC(=O)CC(c1cc(OC)ccn1)N1C(=O)c2ccccc2C1=O. The van der Waals surface area contributed by atoms with Crippen LogP contribution in [0.25, 0.3) is 0 Å². The molecular formula is C19H18N2O5. The largest absolute Gasteiger partial charge is 0.497 e. The van der Waals surface area contributed by atoms with Gasteiger partial charge in [0.1, 0.15) is 5.75 Å². The molecule has 7 heteroatoms. The van der Waals surface area contributed by atoms with Gasteiger partial charge in [0, 0.05) is 12.3 Å². The Bertz CT molecular complexity index is 830. The van der Waals surface area contributed by atoms with Crippen LogP contribution >= 0.6 is 0 Å². The predicted molar refractivity (Wildman–Crippen MR) is 91.7 cm³/mol. The number of methoxy groups -OCH3 is 1. The summed E-state index contributed by atoms with van der Waals surface area (Å²) in [6.07, 6.45) is 1.32. The van der Waals surface area contributed by atoms with Gasteiger partial charge in [0.05, 0.1) is 43.0 Å². The van der Waals surface area contributed by atoms with Gasteiger partial charge in [0.25, 0.3) is 11.8 Å². The van der Waals surface area contributed by atoms with Crippen LogP contribution in [-0.2, 0) is 9.53 Å². The van der Waals surface area contributed by atoms with Crippen molar-refractivity contribution in [3.8, 4) is 5.75 Å². The van der Waals surface area contributed by atoms with Crippen molar-refractivity contribution in [2.75, 3.05) is 13.7 Å². The van der Waals surface area contributed by atoms with Gasteiger partial charge >= 0.3 is 5.97 Å². The summed E-state index contributed by atoms with van der Waals surface area (Å²) in [7, 11) is 1.50. The maximum absolute atomic E-state index is 12.8. The van der Waals surface area contributed by atoms with Crippen molar-refractivity contribution < 1.29 is 23.9 Å². The van der Waals surface area contributed by atoms with Crippen LogP contribution in [0.5, 0.6) is 5.75 Å². The summed E-state index contributed by atoms with van der Waals surface area (Å²) >= 11 is 0. The molecule has 0 saturated heterocycles. The molecule has 0 bridgehead atoms. The molecule has 134 valence electrons. The van der Waals surface area contributed by atoms with E-state index in [2.05, 4.69) is 4.98 Å². The summed E-state index contributed by atoms with van der Waals surface area (Å²) in [5.41, 5.74) is 1.01. The van der Waals surface area contributed by atoms with Gasteiger partial charge in [-0.3, -0.25) is 24.3 Å². The minimum absolute atomic E-state index is 0.181. The molecule has 2 heterocycles. The van der Waals surface area contributed by atoms with Crippen molar-refractivity contribution in [3.05, 3.63) is 59.4 Å². The lowest BCUT2D eigenvalue weighted by molar-refractivity contribution is -0.144. The molecule has 7 nitrogen and oxygen atoms in total. The van der Waals surface area contributed by atoms with E-state index in [1.807, 2.05) is 0 Å². The molecule has 0 saturated carbocycles. The molecule has 1 aliphatic rings. The normalized spacial score (nSPS) is 14.2. The predicted octanol–water partition coefficient (Wildman–Crippen LogP) is 2.38. The Balaban J connectivity index is 2.02. The number of esters is 1. The van der Waals surface area contributed by atoms with E-state index in [1.165, 1.54) is 13.3 Å². The summed E-state index contributed by atoms with van der Waals surface area (Å²) in [6.45, 7) is 1.90. The van der Waals surface area contributed by atoms with E-state index < -0.39 is 23.8 Å². The number of fused-ring (bicyclic) bond motifs is 1. The van der Waals surface area contributed by atoms with E-state index in [-0.39, 0.29) is 13.0 Å². The van der Waals surface area contributed by atoms with Crippen molar-refractivity contribution in [2.24, 2.45) is 0 Å². The molecule has 2 amide bonds. The van der Waals surface area contributed by atoms with Gasteiger partial charge in [0.15, 0.2) is 0 Å². The molecular weight excluding hydrogens is 336 g/mol. The van der Waals surface area contributed by atoms with Gasteiger partial charge in [0.2, 0.25) is 0 Å². The third-order valence-electron chi connectivity index (χ3n) is 4.13. The summed E-state index contributed by atoms with van der Waals surface area (Å²) in [5.74, 6) is -0.909. The number of ether oxygens (including phenoxy) is 2. The van der Waals surface area contributed by atoms with Crippen molar-refractivity contribution in [3.63, 3.8) is 0 Å². The maximum atomic E-state index is 12.8. The minimum Gasteiger partial charge on any atom is -0.497 e. The van der Waals surface area contributed by atoms with E-state index in [9.17, 15) is 14.4 Å².